The number of imidazole rings is 1. The van der Waals surface area contributed by atoms with E-state index in [9.17, 15) is 4.39 Å². The van der Waals surface area contributed by atoms with Gasteiger partial charge in [0.05, 0.1) is 12.2 Å². The number of halogens is 2. The first kappa shape index (κ1) is 16.0. The SMILES string of the molecule is CCC1(c2nc(Cl)c3cnc(N[C@H]4CCNC[C@H]4F)nn23)CCC1. The van der Waals surface area contributed by atoms with Gasteiger partial charge in [0.2, 0.25) is 5.95 Å². The van der Waals surface area contributed by atoms with Crippen molar-refractivity contribution in [3.63, 3.8) is 0 Å². The van der Waals surface area contributed by atoms with Gasteiger partial charge in [-0.2, -0.15) is 0 Å². The number of hydrogen-bond donors (Lipinski definition) is 2. The van der Waals surface area contributed by atoms with E-state index in [0.717, 1.165) is 31.6 Å². The smallest absolute Gasteiger partial charge is 0.241 e. The molecule has 2 aromatic rings. The molecule has 1 aliphatic heterocycles. The topological polar surface area (TPSA) is 67.1 Å². The molecule has 2 aromatic heterocycles. The number of nitrogens with one attached hydrogen (secondary N) is 2. The molecule has 0 aromatic carbocycles. The van der Waals surface area contributed by atoms with E-state index in [0.29, 0.717) is 29.6 Å². The fourth-order valence-electron chi connectivity index (χ4n) is 3.75. The minimum Gasteiger partial charge on any atom is -0.347 e. The van der Waals surface area contributed by atoms with Crippen LogP contribution in [0.1, 0.15) is 44.9 Å². The second kappa shape index (κ2) is 6.11. The molecule has 2 fully saturated rings. The Labute approximate surface area is 145 Å². The van der Waals surface area contributed by atoms with E-state index in [1.54, 1.807) is 10.7 Å². The molecule has 1 saturated heterocycles. The maximum absolute atomic E-state index is 14.0. The Morgan fingerprint density at radius 2 is 2.33 bits per heavy atom. The van der Waals surface area contributed by atoms with Gasteiger partial charge < -0.3 is 10.6 Å². The Morgan fingerprint density at radius 3 is 3.00 bits per heavy atom. The van der Waals surface area contributed by atoms with Crippen molar-refractivity contribution in [1.82, 2.24) is 24.9 Å². The highest BCUT2D eigenvalue weighted by molar-refractivity contribution is 6.32. The maximum atomic E-state index is 14.0. The van der Waals surface area contributed by atoms with Crippen molar-refractivity contribution in [2.24, 2.45) is 0 Å². The maximum Gasteiger partial charge on any atom is 0.241 e. The third kappa shape index (κ3) is 2.54. The van der Waals surface area contributed by atoms with Crippen LogP contribution in [-0.2, 0) is 5.41 Å². The third-order valence-electron chi connectivity index (χ3n) is 5.53. The van der Waals surface area contributed by atoms with E-state index in [1.165, 1.54) is 6.42 Å². The lowest BCUT2D eigenvalue weighted by molar-refractivity contribution is 0.217. The van der Waals surface area contributed by atoms with Crippen LogP contribution in [0.5, 0.6) is 0 Å². The summed E-state index contributed by atoms with van der Waals surface area (Å²) in [6, 6.07) is -0.269. The average molecular weight is 353 g/mol. The van der Waals surface area contributed by atoms with Crippen LogP contribution in [0.4, 0.5) is 10.3 Å². The number of aromatic nitrogens is 4. The number of rotatable bonds is 4. The summed E-state index contributed by atoms with van der Waals surface area (Å²) < 4.78 is 15.8. The molecule has 130 valence electrons. The summed E-state index contributed by atoms with van der Waals surface area (Å²) in [6.07, 6.45) is 5.85. The van der Waals surface area contributed by atoms with Crippen LogP contribution in [0.2, 0.25) is 5.15 Å². The quantitative estimate of drug-likeness (QED) is 0.885. The molecule has 0 spiro atoms. The lowest BCUT2D eigenvalue weighted by atomic mass is 9.66. The van der Waals surface area contributed by atoms with Gasteiger partial charge in [-0.05, 0) is 32.2 Å². The molecule has 1 aliphatic carbocycles. The minimum atomic E-state index is -0.947. The Morgan fingerprint density at radius 1 is 1.50 bits per heavy atom. The molecule has 2 N–H and O–H groups in total. The first-order valence-corrected chi connectivity index (χ1v) is 9.04. The van der Waals surface area contributed by atoms with Crippen LogP contribution in [0.3, 0.4) is 0 Å². The van der Waals surface area contributed by atoms with E-state index in [2.05, 4.69) is 32.6 Å². The number of alkyl halides is 1. The standard InChI is InChI=1S/C16H22ClFN6/c1-2-16(5-3-6-16)14-22-13(17)12-9-20-15(23-24(12)14)21-11-4-7-19-8-10(11)18/h9-11,19H,2-8H2,1H3,(H,21,23)/t10-,11+/m1/s1. The zero-order valence-corrected chi connectivity index (χ0v) is 14.5. The van der Waals surface area contributed by atoms with Gasteiger partial charge in [0.25, 0.3) is 0 Å². The van der Waals surface area contributed by atoms with Crippen molar-refractivity contribution in [2.45, 2.75) is 56.7 Å². The summed E-state index contributed by atoms with van der Waals surface area (Å²) in [5.74, 6) is 1.33. The third-order valence-corrected chi connectivity index (χ3v) is 5.81. The first-order chi connectivity index (χ1) is 11.6. The van der Waals surface area contributed by atoms with E-state index in [4.69, 9.17) is 11.6 Å². The molecule has 2 atom stereocenters. The number of nitrogens with zero attached hydrogens (tertiary/aromatic N) is 4. The van der Waals surface area contributed by atoms with Crippen molar-refractivity contribution in [3.8, 4) is 0 Å². The molecule has 3 heterocycles. The van der Waals surface area contributed by atoms with Crippen molar-refractivity contribution in [1.29, 1.82) is 0 Å². The van der Waals surface area contributed by atoms with E-state index >= 15 is 0 Å². The zero-order valence-electron chi connectivity index (χ0n) is 13.7. The average Bonchev–Trinajstić information content (AvgIpc) is 2.86. The molecule has 1 saturated carbocycles. The van der Waals surface area contributed by atoms with Crippen LogP contribution in [-0.4, -0.2) is 44.9 Å². The predicted octanol–water partition coefficient (Wildman–Crippen LogP) is 2.72. The minimum absolute atomic E-state index is 0.0546. The van der Waals surface area contributed by atoms with Gasteiger partial charge in [-0.15, -0.1) is 5.10 Å². The molecule has 0 unspecified atom stereocenters. The van der Waals surface area contributed by atoms with Gasteiger partial charge in [-0.1, -0.05) is 24.9 Å². The van der Waals surface area contributed by atoms with Crippen LogP contribution in [0, 0.1) is 0 Å². The van der Waals surface area contributed by atoms with Crippen molar-refractivity contribution < 1.29 is 4.39 Å². The molecule has 2 aliphatic rings. The summed E-state index contributed by atoms with van der Waals surface area (Å²) >= 11 is 6.29. The molecule has 0 amide bonds. The molecule has 24 heavy (non-hydrogen) atoms. The summed E-state index contributed by atoms with van der Waals surface area (Å²) in [6.45, 7) is 3.33. The van der Waals surface area contributed by atoms with E-state index in [-0.39, 0.29) is 11.5 Å². The number of anilines is 1. The van der Waals surface area contributed by atoms with Crippen LogP contribution < -0.4 is 10.6 Å². The molecule has 4 rings (SSSR count). The molecule has 0 radical (unpaired) electrons. The van der Waals surface area contributed by atoms with Crippen molar-refractivity contribution >= 4 is 23.1 Å². The van der Waals surface area contributed by atoms with Gasteiger partial charge in [0.15, 0.2) is 5.15 Å². The molecule has 6 nitrogen and oxygen atoms in total. The molecular weight excluding hydrogens is 331 g/mol. The summed E-state index contributed by atoms with van der Waals surface area (Å²) in [5, 5.41) is 11.2. The van der Waals surface area contributed by atoms with Gasteiger partial charge in [-0.25, -0.2) is 18.9 Å². The highest BCUT2D eigenvalue weighted by Gasteiger charge is 2.41. The number of fused-ring (bicyclic) bond motifs is 1. The number of hydrogen-bond acceptors (Lipinski definition) is 5. The summed E-state index contributed by atoms with van der Waals surface area (Å²) in [4.78, 5) is 8.88. The second-order valence-electron chi connectivity index (χ2n) is 6.85. The van der Waals surface area contributed by atoms with Crippen molar-refractivity contribution in [3.05, 3.63) is 17.2 Å². The largest absolute Gasteiger partial charge is 0.347 e. The van der Waals surface area contributed by atoms with Crippen LogP contribution in [0.25, 0.3) is 5.52 Å². The Bertz CT molecular complexity index is 738. The van der Waals surface area contributed by atoms with E-state index < -0.39 is 6.17 Å². The fourth-order valence-corrected chi connectivity index (χ4v) is 3.96. The second-order valence-corrected chi connectivity index (χ2v) is 7.21. The summed E-state index contributed by atoms with van der Waals surface area (Å²) in [5.41, 5.74) is 0.762. The van der Waals surface area contributed by atoms with Crippen LogP contribution >= 0.6 is 11.6 Å². The monoisotopic (exact) mass is 352 g/mol. The van der Waals surface area contributed by atoms with E-state index in [1.807, 2.05) is 0 Å². The lowest BCUT2D eigenvalue weighted by Gasteiger charge is -2.39. The van der Waals surface area contributed by atoms with Gasteiger partial charge in [-0.3, -0.25) is 0 Å². The fraction of sp³-hybridized carbons (Fsp3) is 0.688. The molecule has 8 heteroatoms. The van der Waals surface area contributed by atoms with Crippen molar-refractivity contribution in [2.75, 3.05) is 18.4 Å². The first-order valence-electron chi connectivity index (χ1n) is 8.66. The highest BCUT2D eigenvalue weighted by atomic mass is 35.5. The predicted molar refractivity (Wildman–Crippen MR) is 91.4 cm³/mol. The lowest BCUT2D eigenvalue weighted by Crippen LogP contribution is -2.45. The normalized spacial score (nSPS) is 26.3. The zero-order chi connectivity index (χ0) is 16.7. The Hall–Kier alpha value is -1.47. The summed E-state index contributed by atoms with van der Waals surface area (Å²) in [7, 11) is 0. The number of piperidine rings is 1. The van der Waals surface area contributed by atoms with Gasteiger partial charge >= 0.3 is 0 Å². The highest BCUT2D eigenvalue weighted by Crippen LogP contribution is 2.46. The Balaban J connectivity index is 1.69. The molecule has 0 bridgehead atoms. The van der Waals surface area contributed by atoms with Crippen LogP contribution in [0.15, 0.2) is 6.20 Å². The van der Waals surface area contributed by atoms with Gasteiger partial charge in [0.1, 0.15) is 17.5 Å². The Kier molecular flexibility index (Phi) is 4.08. The van der Waals surface area contributed by atoms with Gasteiger partial charge in [0, 0.05) is 12.0 Å². The molecular formula is C16H22ClFN6.